The Morgan fingerprint density at radius 2 is 1.89 bits per heavy atom. The van der Waals surface area contributed by atoms with Gasteiger partial charge in [-0.25, -0.2) is 9.18 Å². The first-order chi connectivity index (χ1) is 8.97. The maximum Gasteiger partial charge on any atom is 0.371 e. The van der Waals surface area contributed by atoms with E-state index in [1.807, 2.05) is 22.6 Å². The van der Waals surface area contributed by atoms with Crippen molar-refractivity contribution in [2.24, 2.45) is 0 Å². The van der Waals surface area contributed by atoms with E-state index in [9.17, 15) is 14.0 Å². The van der Waals surface area contributed by atoms with Gasteiger partial charge in [0, 0.05) is 3.57 Å². The lowest BCUT2D eigenvalue weighted by Gasteiger charge is -2.05. The first-order valence-corrected chi connectivity index (χ1v) is 6.15. The lowest BCUT2D eigenvalue weighted by Crippen LogP contribution is -2.12. The molecule has 0 radical (unpaired) electrons. The van der Waals surface area contributed by atoms with Crippen molar-refractivity contribution in [1.82, 2.24) is 0 Å². The maximum atomic E-state index is 12.9. The van der Waals surface area contributed by atoms with Crippen molar-refractivity contribution in [2.75, 3.05) is 5.32 Å². The highest BCUT2D eigenvalue weighted by molar-refractivity contribution is 14.1. The summed E-state index contributed by atoms with van der Waals surface area (Å²) in [6, 6.07) is 6.34. The summed E-state index contributed by atoms with van der Waals surface area (Å²) in [7, 11) is 0. The van der Waals surface area contributed by atoms with Gasteiger partial charge in [0.2, 0.25) is 5.76 Å². The summed E-state index contributed by atoms with van der Waals surface area (Å²) >= 11 is 1.88. The molecule has 0 fully saturated rings. The van der Waals surface area contributed by atoms with Gasteiger partial charge in [-0.1, -0.05) is 0 Å². The van der Waals surface area contributed by atoms with E-state index in [1.54, 1.807) is 0 Å². The van der Waals surface area contributed by atoms with Crippen LogP contribution in [0.25, 0.3) is 0 Å². The number of hydrogen-bond acceptors (Lipinski definition) is 3. The smallest absolute Gasteiger partial charge is 0.371 e. The fourth-order valence-corrected chi connectivity index (χ4v) is 1.96. The Bertz CT molecular complexity index is 653. The Balaban J connectivity index is 2.18. The van der Waals surface area contributed by atoms with E-state index < -0.39 is 17.7 Å². The van der Waals surface area contributed by atoms with Gasteiger partial charge < -0.3 is 14.8 Å². The van der Waals surface area contributed by atoms with Gasteiger partial charge >= 0.3 is 5.97 Å². The number of nitrogens with one attached hydrogen (secondary N) is 1. The van der Waals surface area contributed by atoms with Gasteiger partial charge in [0.15, 0.2) is 5.76 Å². The van der Waals surface area contributed by atoms with Gasteiger partial charge in [0.05, 0.1) is 5.69 Å². The predicted molar refractivity (Wildman–Crippen MR) is 72.7 cm³/mol. The minimum Gasteiger partial charge on any atom is -0.475 e. The third kappa shape index (κ3) is 3.11. The van der Waals surface area contributed by atoms with Crippen molar-refractivity contribution in [3.63, 3.8) is 0 Å². The Morgan fingerprint density at radius 3 is 2.47 bits per heavy atom. The van der Waals surface area contributed by atoms with E-state index in [1.165, 1.54) is 30.3 Å². The molecule has 1 heterocycles. The molecule has 0 aliphatic heterocycles. The molecule has 19 heavy (non-hydrogen) atoms. The Morgan fingerprint density at radius 1 is 1.21 bits per heavy atom. The van der Waals surface area contributed by atoms with Crippen LogP contribution in [-0.4, -0.2) is 17.0 Å². The number of carboxylic acid groups (broad SMARTS) is 1. The second-order valence-corrected chi connectivity index (χ2v) is 4.71. The molecule has 0 atom stereocenters. The van der Waals surface area contributed by atoms with E-state index in [-0.39, 0.29) is 11.5 Å². The molecular formula is C12H7FINO4. The quantitative estimate of drug-likeness (QED) is 0.809. The molecule has 1 aromatic heterocycles. The molecule has 0 saturated heterocycles. The number of amides is 1. The molecule has 0 saturated carbocycles. The molecule has 1 aromatic carbocycles. The third-order valence-electron chi connectivity index (χ3n) is 2.22. The van der Waals surface area contributed by atoms with Crippen LogP contribution < -0.4 is 5.32 Å². The van der Waals surface area contributed by atoms with Gasteiger partial charge in [-0.2, -0.15) is 0 Å². The standard InChI is InChI=1S/C12H7FINO4/c13-6-1-2-8(7(14)5-6)15-11(16)9-3-4-10(19-9)12(17)18/h1-5H,(H,15,16)(H,17,18). The summed E-state index contributed by atoms with van der Waals surface area (Å²) in [6.45, 7) is 0. The zero-order valence-electron chi connectivity index (χ0n) is 9.31. The monoisotopic (exact) mass is 375 g/mol. The van der Waals surface area contributed by atoms with Crippen molar-refractivity contribution in [3.05, 3.63) is 51.2 Å². The van der Waals surface area contributed by atoms with E-state index in [0.29, 0.717) is 9.26 Å². The summed E-state index contributed by atoms with van der Waals surface area (Å²) < 4.78 is 18.3. The van der Waals surface area contributed by atoms with Crippen molar-refractivity contribution in [2.45, 2.75) is 0 Å². The number of benzene rings is 1. The number of rotatable bonds is 3. The Kier molecular flexibility index (Phi) is 3.84. The van der Waals surface area contributed by atoms with Crippen molar-refractivity contribution in [3.8, 4) is 0 Å². The largest absolute Gasteiger partial charge is 0.475 e. The molecule has 0 spiro atoms. The van der Waals surface area contributed by atoms with Crippen LogP contribution in [0.1, 0.15) is 21.1 Å². The molecular weight excluding hydrogens is 368 g/mol. The van der Waals surface area contributed by atoms with Crippen LogP contribution in [0.5, 0.6) is 0 Å². The maximum absolute atomic E-state index is 12.9. The van der Waals surface area contributed by atoms with Crippen LogP contribution in [0.3, 0.4) is 0 Å². The van der Waals surface area contributed by atoms with E-state index in [4.69, 9.17) is 9.52 Å². The highest BCUT2D eigenvalue weighted by atomic mass is 127. The number of aromatic carboxylic acids is 1. The zero-order valence-corrected chi connectivity index (χ0v) is 11.5. The van der Waals surface area contributed by atoms with Crippen LogP contribution in [0, 0.1) is 9.39 Å². The summed E-state index contributed by atoms with van der Waals surface area (Å²) in [6.07, 6.45) is 0. The molecule has 0 bridgehead atoms. The van der Waals surface area contributed by atoms with E-state index >= 15 is 0 Å². The summed E-state index contributed by atoms with van der Waals surface area (Å²) in [4.78, 5) is 22.4. The van der Waals surface area contributed by atoms with Gasteiger partial charge in [-0.05, 0) is 52.9 Å². The average molecular weight is 375 g/mol. The first kappa shape index (κ1) is 13.5. The molecule has 0 aliphatic rings. The zero-order chi connectivity index (χ0) is 14.0. The van der Waals surface area contributed by atoms with Crippen LogP contribution in [0.2, 0.25) is 0 Å². The minimum atomic E-state index is -1.25. The number of anilines is 1. The highest BCUT2D eigenvalue weighted by Crippen LogP contribution is 2.20. The van der Waals surface area contributed by atoms with Gasteiger partial charge in [0.1, 0.15) is 5.82 Å². The average Bonchev–Trinajstić information content (AvgIpc) is 2.82. The Labute approximate surface area is 120 Å². The predicted octanol–water partition coefficient (Wildman–Crippen LogP) is 2.97. The molecule has 2 aromatic rings. The topological polar surface area (TPSA) is 79.5 Å². The first-order valence-electron chi connectivity index (χ1n) is 5.07. The number of carbonyl (C=O) groups excluding carboxylic acids is 1. The highest BCUT2D eigenvalue weighted by Gasteiger charge is 2.15. The Hall–Kier alpha value is -1.90. The van der Waals surface area contributed by atoms with Crippen molar-refractivity contribution >= 4 is 40.2 Å². The van der Waals surface area contributed by atoms with Gasteiger partial charge in [0.25, 0.3) is 5.91 Å². The summed E-state index contributed by atoms with van der Waals surface area (Å²) in [5.74, 6) is -2.71. The van der Waals surface area contributed by atoms with E-state index in [2.05, 4.69) is 5.32 Å². The second kappa shape index (κ2) is 5.39. The van der Waals surface area contributed by atoms with Crippen LogP contribution >= 0.6 is 22.6 Å². The molecule has 7 heteroatoms. The third-order valence-corrected chi connectivity index (χ3v) is 3.11. The molecule has 2 N–H and O–H groups in total. The molecule has 0 unspecified atom stereocenters. The summed E-state index contributed by atoms with van der Waals surface area (Å²) in [5, 5.41) is 11.2. The number of halogens is 2. The molecule has 0 aliphatic carbocycles. The van der Waals surface area contributed by atoms with E-state index in [0.717, 1.165) is 0 Å². The SMILES string of the molecule is O=C(O)c1ccc(C(=O)Nc2ccc(F)cc2I)o1. The van der Waals surface area contributed by atoms with Crippen LogP contribution in [0.15, 0.2) is 34.7 Å². The molecule has 5 nitrogen and oxygen atoms in total. The van der Waals surface area contributed by atoms with Gasteiger partial charge in [-0.15, -0.1) is 0 Å². The minimum absolute atomic E-state index is 0.127. The lowest BCUT2D eigenvalue weighted by atomic mass is 10.3. The van der Waals surface area contributed by atoms with Gasteiger partial charge in [-0.3, -0.25) is 4.79 Å². The number of carboxylic acids is 1. The second-order valence-electron chi connectivity index (χ2n) is 3.55. The van der Waals surface area contributed by atoms with Crippen LogP contribution in [-0.2, 0) is 0 Å². The van der Waals surface area contributed by atoms with Crippen LogP contribution in [0.4, 0.5) is 10.1 Å². The van der Waals surface area contributed by atoms with Crippen molar-refractivity contribution in [1.29, 1.82) is 0 Å². The molecule has 1 amide bonds. The fourth-order valence-electron chi connectivity index (χ4n) is 1.35. The lowest BCUT2D eigenvalue weighted by molar-refractivity contribution is 0.0660. The summed E-state index contributed by atoms with van der Waals surface area (Å²) in [5.41, 5.74) is 0.417. The number of carbonyl (C=O) groups is 2. The molecule has 98 valence electrons. The van der Waals surface area contributed by atoms with Crippen molar-refractivity contribution < 1.29 is 23.5 Å². The molecule has 2 rings (SSSR count). The fraction of sp³-hybridized carbons (Fsp3) is 0. The number of hydrogen-bond donors (Lipinski definition) is 2. The normalized spacial score (nSPS) is 10.2. The number of furan rings is 1.